The zero-order valence-electron chi connectivity index (χ0n) is 17.3. The van der Waals surface area contributed by atoms with Crippen LogP contribution in [0.2, 0.25) is 0 Å². The van der Waals surface area contributed by atoms with Gasteiger partial charge in [0.25, 0.3) is 0 Å². The van der Waals surface area contributed by atoms with Gasteiger partial charge in [-0.25, -0.2) is 9.78 Å². The van der Waals surface area contributed by atoms with Crippen LogP contribution in [0.15, 0.2) is 53.6 Å². The first-order chi connectivity index (χ1) is 15.3. The lowest BCUT2D eigenvalue weighted by molar-refractivity contribution is -0.137. The van der Waals surface area contributed by atoms with Gasteiger partial charge in [-0.3, -0.25) is 9.36 Å². The van der Waals surface area contributed by atoms with Gasteiger partial charge in [-0.2, -0.15) is 13.2 Å². The second-order valence-corrected chi connectivity index (χ2v) is 7.73. The van der Waals surface area contributed by atoms with Gasteiger partial charge < -0.3 is 15.2 Å². The Labute approximate surface area is 181 Å². The molecule has 1 amide bonds. The number of carbonyl (C=O) groups is 1. The summed E-state index contributed by atoms with van der Waals surface area (Å²) in [5, 5.41) is 2.86. The number of pyridine rings is 1. The highest BCUT2D eigenvalue weighted by Gasteiger charge is 2.37. The number of hydrogen-bond donors (Lipinski definition) is 2. The normalized spacial score (nSPS) is 16.8. The number of amides is 1. The number of imidazole rings is 1. The highest BCUT2D eigenvalue weighted by Crippen LogP contribution is 2.36. The lowest BCUT2D eigenvalue weighted by Crippen LogP contribution is -2.42. The van der Waals surface area contributed by atoms with E-state index in [1.165, 1.54) is 21.7 Å². The molecular formula is C22H22F3N5O2. The Bertz CT molecular complexity index is 1180. The van der Waals surface area contributed by atoms with Crippen LogP contribution in [-0.2, 0) is 11.0 Å². The van der Waals surface area contributed by atoms with E-state index < -0.39 is 17.7 Å². The van der Waals surface area contributed by atoms with Crippen LogP contribution in [0.4, 0.5) is 24.7 Å². The maximum Gasteiger partial charge on any atom is 0.419 e. The number of H-pyrrole nitrogens is 1. The molecule has 32 heavy (non-hydrogen) atoms. The molecule has 1 aliphatic rings. The Kier molecular flexibility index (Phi) is 5.77. The number of piperidine rings is 1. The Morgan fingerprint density at radius 3 is 2.72 bits per heavy atom. The SMILES string of the molecule is Cc1c[nH]c(=O)n1-c1ccccc1NC(=O)C1CCCN(c2ncccc2C(F)(F)F)C1. The summed E-state index contributed by atoms with van der Waals surface area (Å²) in [7, 11) is 0. The van der Waals surface area contributed by atoms with E-state index in [-0.39, 0.29) is 24.0 Å². The van der Waals surface area contributed by atoms with E-state index in [9.17, 15) is 22.8 Å². The number of anilines is 2. The Hall–Kier alpha value is -3.56. The molecule has 1 saturated heterocycles. The third-order valence-corrected chi connectivity index (χ3v) is 5.55. The number of hydrogen-bond acceptors (Lipinski definition) is 4. The second kappa shape index (κ2) is 8.52. The van der Waals surface area contributed by atoms with E-state index in [0.29, 0.717) is 36.5 Å². The first-order valence-electron chi connectivity index (χ1n) is 10.2. The zero-order chi connectivity index (χ0) is 22.9. The van der Waals surface area contributed by atoms with Crippen molar-refractivity contribution in [3.8, 4) is 5.69 Å². The molecule has 1 aromatic carbocycles. The maximum atomic E-state index is 13.4. The summed E-state index contributed by atoms with van der Waals surface area (Å²) in [6.07, 6.45) is -0.530. The van der Waals surface area contributed by atoms with Crippen molar-refractivity contribution in [2.45, 2.75) is 25.9 Å². The first-order valence-corrected chi connectivity index (χ1v) is 10.2. The van der Waals surface area contributed by atoms with E-state index in [1.54, 1.807) is 37.4 Å². The zero-order valence-corrected chi connectivity index (χ0v) is 17.3. The summed E-state index contributed by atoms with van der Waals surface area (Å²) in [5.74, 6) is -0.996. The van der Waals surface area contributed by atoms with Crippen molar-refractivity contribution in [1.29, 1.82) is 0 Å². The van der Waals surface area contributed by atoms with E-state index in [4.69, 9.17) is 0 Å². The van der Waals surface area contributed by atoms with Crippen LogP contribution < -0.4 is 15.9 Å². The van der Waals surface area contributed by atoms with Gasteiger partial charge in [-0.1, -0.05) is 12.1 Å². The van der Waals surface area contributed by atoms with Crippen LogP contribution in [0, 0.1) is 12.8 Å². The summed E-state index contributed by atoms with van der Waals surface area (Å²) in [6.45, 7) is 2.27. The van der Waals surface area contributed by atoms with Gasteiger partial charge in [-0.15, -0.1) is 0 Å². The van der Waals surface area contributed by atoms with Gasteiger partial charge >= 0.3 is 11.9 Å². The van der Waals surface area contributed by atoms with Crippen LogP contribution >= 0.6 is 0 Å². The van der Waals surface area contributed by atoms with Crippen molar-refractivity contribution in [1.82, 2.24) is 14.5 Å². The highest BCUT2D eigenvalue weighted by atomic mass is 19.4. The number of aryl methyl sites for hydroxylation is 1. The number of halogens is 3. The van der Waals surface area contributed by atoms with Crippen molar-refractivity contribution in [2.75, 3.05) is 23.3 Å². The largest absolute Gasteiger partial charge is 0.419 e. The number of nitrogens with zero attached hydrogens (tertiary/aromatic N) is 3. The molecule has 0 spiro atoms. The summed E-state index contributed by atoms with van der Waals surface area (Å²) in [4.78, 5) is 33.3. The number of nitrogens with one attached hydrogen (secondary N) is 2. The highest BCUT2D eigenvalue weighted by molar-refractivity contribution is 5.95. The molecule has 1 aliphatic heterocycles. The molecule has 1 unspecified atom stereocenters. The summed E-state index contributed by atoms with van der Waals surface area (Å²) >= 11 is 0. The molecule has 0 saturated carbocycles. The van der Waals surface area contributed by atoms with Crippen molar-refractivity contribution in [3.05, 3.63) is 70.5 Å². The standard InChI is InChI=1S/C22H22F3N5O2/c1-14-12-27-21(32)30(14)18-9-3-2-8-17(18)28-20(31)15-6-5-11-29(13-15)19-16(22(23,24)25)7-4-10-26-19/h2-4,7-10,12,15H,5-6,11,13H2,1H3,(H,27,32)(H,28,31). The minimum Gasteiger partial charge on any atom is -0.355 e. The molecule has 3 heterocycles. The van der Waals surface area contributed by atoms with E-state index >= 15 is 0 Å². The molecule has 1 atom stereocenters. The van der Waals surface area contributed by atoms with Crippen LogP contribution in [0.1, 0.15) is 24.1 Å². The van der Waals surface area contributed by atoms with Gasteiger partial charge in [0.1, 0.15) is 5.82 Å². The van der Waals surface area contributed by atoms with E-state index in [0.717, 1.165) is 6.07 Å². The summed E-state index contributed by atoms with van der Waals surface area (Å²) in [5.41, 5.74) is 0.501. The summed E-state index contributed by atoms with van der Waals surface area (Å²) < 4.78 is 41.7. The molecule has 0 radical (unpaired) electrons. The first kappa shape index (κ1) is 21.7. The third kappa shape index (κ3) is 4.25. The van der Waals surface area contributed by atoms with Gasteiger partial charge in [0, 0.05) is 31.2 Å². The minimum atomic E-state index is -4.53. The predicted molar refractivity (Wildman–Crippen MR) is 114 cm³/mol. The van der Waals surface area contributed by atoms with Crippen molar-refractivity contribution in [2.24, 2.45) is 5.92 Å². The number of carbonyl (C=O) groups excluding carboxylic acids is 1. The van der Waals surface area contributed by atoms with Crippen molar-refractivity contribution in [3.63, 3.8) is 0 Å². The fourth-order valence-corrected chi connectivity index (χ4v) is 4.02. The number of rotatable bonds is 4. The van der Waals surface area contributed by atoms with E-state index in [2.05, 4.69) is 15.3 Å². The predicted octanol–water partition coefficient (Wildman–Crippen LogP) is 3.74. The Morgan fingerprint density at radius 2 is 2.00 bits per heavy atom. The topological polar surface area (TPSA) is 83.0 Å². The van der Waals surface area contributed by atoms with Gasteiger partial charge in [0.05, 0.1) is 22.9 Å². The fourth-order valence-electron chi connectivity index (χ4n) is 4.02. The van der Waals surface area contributed by atoms with Crippen LogP contribution in [0.3, 0.4) is 0 Å². The molecule has 2 aromatic heterocycles. The van der Waals surface area contributed by atoms with Crippen molar-refractivity contribution < 1.29 is 18.0 Å². The summed E-state index contributed by atoms with van der Waals surface area (Å²) in [6, 6.07) is 9.15. The molecular weight excluding hydrogens is 423 g/mol. The monoisotopic (exact) mass is 445 g/mol. The molecule has 3 aromatic rings. The number of benzene rings is 1. The van der Waals surface area contributed by atoms with Crippen LogP contribution in [0.25, 0.3) is 5.69 Å². The van der Waals surface area contributed by atoms with Gasteiger partial charge in [-0.05, 0) is 44.0 Å². The Balaban J connectivity index is 1.56. The fraction of sp³-hybridized carbons (Fsp3) is 0.318. The van der Waals surface area contributed by atoms with Crippen LogP contribution in [-0.4, -0.2) is 33.5 Å². The lowest BCUT2D eigenvalue weighted by Gasteiger charge is -2.34. The quantitative estimate of drug-likeness (QED) is 0.641. The smallest absolute Gasteiger partial charge is 0.355 e. The third-order valence-electron chi connectivity index (χ3n) is 5.55. The van der Waals surface area contributed by atoms with Gasteiger partial charge in [0.2, 0.25) is 5.91 Å². The molecule has 168 valence electrons. The second-order valence-electron chi connectivity index (χ2n) is 7.73. The number of para-hydroxylation sites is 2. The average molecular weight is 445 g/mol. The maximum absolute atomic E-state index is 13.4. The number of alkyl halides is 3. The van der Waals surface area contributed by atoms with Crippen molar-refractivity contribution >= 4 is 17.4 Å². The van der Waals surface area contributed by atoms with Crippen LogP contribution in [0.5, 0.6) is 0 Å². The molecule has 0 bridgehead atoms. The molecule has 2 N–H and O–H groups in total. The Morgan fingerprint density at radius 1 is 1.22 bits per heavy atom. The molecule has 1 fully saturated rings. The van der Waals surface area contributed by atoms with Gasteiger partial charge in [0.15, 0.2) is 0 Å². The molecule has 7 nitrogen and oxygen atoms in total. The average Bonchev–Trinajstić information content (AvgIpc) is 3.11. The number of aromatic amines is 1. The molecule has 10 heteroatoms. The number of aromatic nitrogens is 3. The minimum absolute atomic E-state index is 0.122. The lowest BCUT2D eigenvalue weighted by atomic mass is 9.96. The molecule has 4 rings (SSSR count). The van der Waals surface area contributed by atoms with E-state index in [1.807, 2.05) is 0 Å². The molecule has 0 aliphatic carbocycles.